The molecule has 0 unspecified atom stereocenters. The van der Waals surface area contributed by atoms with Crippen molar-refractivity contribution in [1.82, 2.24) is 15.1 Å². The number of likely N-dealkylation sites (tertiary alicyclic amines) is 1. The van der Waals surface area contributed by atoms with Crippen molar-refractivity contribution >= 4 is 17.5 Å². The SMILES string of the molecule is O=C(c1c(F)cccc1Cl)N1CCC(c2nnc(C3CC3)o2)CC1. The van der Waals surface area contributed by atoms with Gasteiger partial charge in [-0.1, -0.05) is 17.7 Å². The Kier molecular flexibility index (Phi) is 4.00. The van der Waals surface area contributed by atoms with E-state index in [-0.39, 0.29) is 22.4 Å². The van der Waals surface area contributed by atoms with Crippen molar-refractivity contribution < 1.29 is 13.6 Å². The van der Waals surface area contributed by atoms with Gasteiger partial charge in [-0.3, -0.25) is 4.79 Å². The van der Waals surface area contributed by atoms with Gasteiger partial charge in [0.1, 0.15) is 5.82 Å². The molecule has 1 aliphatic heterocycles. The first-order chi connectivity index (χ1) is 11.6. The van der Waals surface area contributed by atoms with Crippen molar-refractivity contribution in [3.63, 3.8) is 0 Å². The summed E-state index contributed by atoms with van der Waals surface area (Å²) in [6, 6.07) is 4.28. The van der Waals surface area contributed by atoms with Crippen LogP contribution in [0.15, 0.2) is 22.6 Å². The van der Waals surface area contributed by atoms with Gasteiger partial charge in [-0.2, -0.15) is 0 Å². The third-order valence-corrected chi connectivity index (χ3v) is 5.01. The molecular formula is C17H17ClFN3O2. The number of amides is 1. The highest BCUT2D eigenvalue weighted by Crippen LogP contribution is 2.40. The molecule has 2 heterocycles. The van der Waals surface area contributed by atoms with E-state index in [1.807, 2.05) is 0 Å². The van der Waals surface area contributed by atoms with Crippen LogP contribution in [-0.4, -0.2) is 34.1 Å². The van der Waals surface area contributed by atoms with Gasteiger partial charge in [-0.15, -0.1) is 10.2 Å². The Morgan fingerprint density at radius 2 is 1.75 bits per heavy atom. The molecule has 0 spiro atoms. The number of rotatable bonds is 3. The van der Waals surface area contributed by atoms with E-state index in [1.165, 1.54) is 18.2 Å². The highest BCUT2D eigenvalue weighted by molar-refractivity contribution is 6.33. The van der Waals surface area contributed by atoms with Gasteiger partial charge in [0.15, 0.2) is 0 Å². The third-order valence-electron chi connectivity index (χ3n) is 4.69. The minimum absolute atomic E-state index is 0.0496. The zero-order chi connectivity index (χ0) is 16.7. The number of hydrogen-bond acceptors (Lipinski definition) is 4. The summed E-state index contributed by atoms with van der Waals surface area (Å²) in [5.74, 6) is 1.05. The molecule has 2 aliphatic rings. The zero-order valence-electron chi connectivity index (χ0n) is 13.0. The molecule has 1 saturated carbocycles. The van der Waals surface area contributed by atoms with Crippen molar-refractivity contribution in [3.05, 3.63) is 46.4 Å². The zero-order valence-corrected chi connectivity index (χ0v) is 13.8. The Hall–Kier alpha value is -1.95. The molecule has 126 valence electrons. The lowest BCUT2D eigenvalue weighted by molar-refractivity contribution is 0.0701. The van der Waals surface area contributed by atoms with Crippen LogP contribution in [0.2, 0.25) is 5.02 Å². The van der Waals surface area contributed by atoms with Gasteiger partial charge in [-0.05, 0) is 37.8 Å². The molecule has 1 saturated heterocycles. The summed E-state index contributed by atoms with van der Waals surface area (Å²) in [5, 5.41) is 8.42. The fraction of sp³-hybridized carbons (Fsp3) is 0.471. The van der Waals surface area contributed by atoms with Crippen LogP contribution >= 0.6 is 11.6 Å². The van der Waals surface area contributed by atoms with E-state index >= 15 is 0 Å². The summed E-state index contributed by atoms with van der Waals surface area (Å²) in [6.45, 7) is 1.05. The summed E-state index contributed by atoms with van der Waals surface area (Å²) in [5.41, 5.74) is -0.0496. The van der Waals surface area contributed by atoms with Crippen molar-refractivity contribution in [2.24, 2.45) is 0 Å². The smallest absolute Gasteiger partial charge is 0.258 e. The molecule has 1 amide bonds. The Morgan fingerprint density at radius 1 is 1.12 bits per heavy atom. The molecule has 24 heavy (non-hydrogen) atoms. The second-order valence-corrected chi connectivity index (χ2v) is 6.82. The maximum Gasteiger partial charge on any atom is 0.258 e. The van der Waals surface area contributed by atoms with Crippen molar-refractivity contribution in [2.75, 3.05) is 13.1 Å². The fourth-order valence-electron chi connectivity index (χ4n) is 3.10. The molecule has 0 bridgehead atoms. The molecule has 1 aromatic heterocycles. The second kappa shape index (κ2) is 6.16. The lowest BCUT2D eigenvalue weighted by Gasteiger charge is -2.30. The highest BCUT2D eigenvalue weighted by atomic mass is 35.5. The van der Waals surface area contributed by atoms with Crippen molar-refractivity contribution in [2.45, 2.75) is 37.5 Å². The average molecular weight is 350 g/mol. The number of piperidine rings is 1. The lowest BCUT2D eigenvalue weighted by Crippen LogP contribution is -2.38. The first-order valence-corrected chi connectivity index (χ1v) is 8.58. The molecule has 4 rings (SSSR count). The predicted molar refractivity (Wildman–Crippen MR) is 85.6 cm³/mol. The van der Waals surface area contributed by atoms with Crippen LogP contribution in [0.3, 0.4) is 0 Å². The first kappa shape index (κ1) is 15.6. The number of carbonyl (C=O) groups excluding carboxylic acids is 1. The van der Waals surface area contributed by atoms with E-state index in [0.717, 1.165) is 31.6 Å². The monoisotopic (exact) mass is 349 g/mol. The van der Waals surface area contributed by atoms with Crippen LogP contribution in [0.4, 0.5) is 4.39 Å². The van der Waals surface area contributed by atoms with Crippen LogP contribution in [0.1, 0.15) is 59.7 Å². The second-order valence-electron chi connectivity index (χ2n) is 6.42. The number of aromatic nitrogens is 2. The molecule has 0 radical (unpaired) electrons. The van der Waals surface area contributed by atoms with Gasteiger partial charge < -0.3 is 9.32 Å². The van der Waals surface area contributed by atoms with Gasteiger partial charge in [0.05, 0.1) is 10.6 Å². The predicted octanol–water partition coefficient (Wildman–Crippen LogP) is 3.76. The standard InChI is InChI=1S/C17H17ClFN3O2/c18-12-2-1-3-13(19)14(12)17(23)22-8-6-11(7-9-22)16-21-20-15(24-16)10-4-5-10/h1-3,10-11H,4-9H2. The maximum absolute atomic E-state index is 13.9. The minimum Gasteiger partial charge on any atom is -0.425 e. The quantitative estimate of drug-likeness (QED) is 0.846. The normalized spacial score (nSPS) is 18.8. The van der Waals surface area contributed by atoms with E-state index in [1.54, 1.807) is 4.90 Å². The van der Waals surface area contributed by atoms with E-state index in [2.05, 4.69) is 10.2 Å². The Balaban J connectivity index is 1.42. The molecule has 0 atom stereocenters. The number of benzene rings is 1. The molecule has 5 nitrogen and oxygen atoms in total. The average Bonchev–Trinajstić information content (AvgIpc) is 3.32. The number of halogens is 2. The van der Waals surface area contributed by atoms with E-state index < -0.39 is 5.82 Å². The van der Waals surface area contributed by atoms with Gasteiger partial charge in [-0.25, -0.2) is 4.39 Å². The highest BCUT2D eigenvalue weighted by Gasteiger charge is 2.33. The van der Waals surface area contributed by atoms with Gasteiger partial charge >= 0.3 is 0 Å². The van der Waals surface area contributed by atoms with Crippen LogP contribution in [0.25, 0.3) is 0 Å². The van der Waals surface area contributed by atoms with E-state index in [9.17, 15) is 9.18 Å². The van der Waals surface area contributed by atoms with E-state index in [0.29, 0.717) is 24.9 Å². The molecule has 7 heteroatoms. The fourth-order valence-corrected chi connectivity index (χ4v) is 3.34. The summed E-state index contributed by atoms with van der Waals surface area (Å²) >= 11 is 5.99. The third kappa shape index (κ3) is 2.90. The van der Waals surface area contributed by atoms with Crippen LogP contribution in [0, 0.1) is 5.82 Å². The summed E-state index contributed by atoms with van der Waals surface area (Å²) in [4.78, 5) is 14.2. The Morgan fingerprint density at radius 3 is 2.33 bits per heavy atom. The topological polar surface area (TPSA) is 59.2 Å². The molecular weight excluding hydrogens is 333 g/mol. The van der Waals surface area contributed by atoms with Gasteiger partial charge in [0.2, 0.25) is 11.8 Å². The largest absolute Gasteiger partial charge is 0.425 e. The van der Waals surface area contributed by atoms with Crippen LogP contribution in [0.5, 0.6) is 0 Å². The van der Waals surface area contributed by atoms with E-state index in [4.69, 9.17) is 16.0 Å². The molecule has 1 aromatic carbocycles. The molecule has 1 aliphatic carbocycles. The molecule has 2 aromatic rings. The molecule has 0 N–H and O–H groups in total. The number of hydrogen-bond donors (Lipinski definition) is 0. The van der Waals surface area contributed by atoms with Crippen molar-refractivity contribution in [3.8, 4) is 0 Å². The first-order valence-electron chi connectivity index (χ1n) is 8.20. The van der Waals surface area contributed by atoms with Crippen LogP contribution < -0.4 is 0 Å². The number of carbonyl (C=O) groups is 1. The van der Waals surface area contributed by atoms with Gasteiger partial charge in [0, 0.05) is 24.9 Å². The molecule has 2 fully saturated rings. The lowest BCUT2D eigenvalue weighted by atomic mass is 9.96. The Labute approximate surface area is 143 Å². The number of nitrogens with zero attached hydrogens (tertiary/aromatic N) is 3. The summed E-state index contributed by atoms with van der Waals surface area (Å²) in [7, 11) is 0. The minimum atomic E-state index is -0.583. The van der Waals surface area contributed by atoms with Crippen LogP contribution in [-0.2, 0) is 0 Å². The Bertz CT molecular complexity index is 747. The summed E-state index contributed by atoms with van der Waals surface area (Å²) < 4.78 is 19.7. The summed E-state index contributed by atoms with van der Waals surface area (Å²) in [6.07, 6.45) is 3.70. The van der Waals surface area contributed by atoms with Gasteiger partial charge in [0.25, 0.3) is 5.91 Å². The van der Waals surface area contributed by atoms with Crippen molar-refractivity contribution in [1.29, 1.82) is 0 Å². The maximum atomic E-state index is 13.9.